The maximum Gasteiger partial charge on any atom is 0.216 e. The first-order chi connectivity index (χ1) is 11.6. The zero-order chi connectivity index (χ0) is 16.9. The third-order valence-corrected chi connectivity index (χ3v) is 3.64. The third kappa shape index (κ3) is 3.67. The summed E-state index contributed by atoms with van der Waals surface area (Å²) in [4.78, 5) is 0. The summed E-state index contributed by atoms with van der Waals surface area (Å²) in [5, 5.41) is 11.3. The maximum atomic E-state index is 14.0. The van der Waals surface area contributed by atoms with Crippen molar-refractivity contribution in [2.75, 3.05) is 0 Å². The lowest BCUT2D eigenvalue weighted by Gasteiger charge is -2.02. The summed E-state index contributed by atoms with van der Waals surface area (Å²) in [6.45, 7) is 0. The number of aromatic amines is 1. The van der Waals surface area contributed by atoms with Crippen LogP contribution in [0.4, 0.5) is 4.39 Å². The molecule has 0 aliphatic carbocycles. The number of hydrogen-bond donors (Lipinski definition) is 1. The van der Waals surface area contributed by atoms with Gasteiger partial charge in [-0.05, 0) is 36.0 Å². The van der Waals surface area contributed by atoms with Gasteiger partial charge in [-0.1, -0.05) is 54.1 Å². The van der Waals surface area contributed by atoms with Gasteiger partial charge in [0.25, 0.3) is 0 Å². The van der Waals surface area contributed by atoms with Crippen molar-refractivity contribution in [3.05, 3.63) is 75.8 Å². The zero-order valence-corrected chi connectivity index (χ0v) is 13.9. The second-order valence-corrected chi connectivity index (χ2v) is 5.65. The van der Waals surface area contributed by atoms with E-state index in [2.05, 4.69) is 15.3 Å². The summed E-state index contributed by atoms with van der Waals surface area (Å²) in [5.74, 6) is -0.132. The molecular weight excluding hydrogens is 347 g/mol. The van der Waals surface area contributed by atoms with Crippen LogP contribution < -0.4 is 0 Å². The van der Waals surface area contributed by atoms with E-state index in [0.717, 1.165) is 5.56 Å². The highest BCUT2D eigenvalue weighted by atomic mass is 35.5. The van der Waals surface area contributed by atoms with E-state index in [4.69, 9.17) is 23.8 Å². The molecule has 0 saturated heterocycles. The minimum absolute atomic E-state index is 0.244. The van der Waals surface area contributed by atoms with E-state index < -0.39 is 5.82 Å². The molecule has 0 aliphatic rings. The Kier molecular flexibility index (Phi) is 4.98. The third-order valence-electron chi connectivity index (χ3n) is 3.17. The number of halogens is 2. The van der Waals surface area contributed by atoms with Crippen molar-refractivity contribution in [3.63, 3.8) is 0 Å². The number of rotatable bonds is 4. The van der Waals surface area contributed by atoms with Crippen molar-refractivity contribution in [2.24, 2.45) is 5.10 Å². The molecule has 0 aliphatic heterocycles. The second kappa shape index (κ2) is 7.33. The number of nitrogens with one attached hydrogen (secondary N) is 1. The predicted molar refractivity (Wildman–Crippen MR) is 97.0 cm³/mol. The summed E-state index contributed by atoms with van der Waals surface area (Å²) in [6, 6.07) is 15.9. The molecule has 0 amide bonds. The van der Waals surface area contributed by atoms with Crippen LogP contribution in [0.15, 0.2) is 64.7 Å². The van der Waals surface area contributed by atoms with Gasteiger partial charge < -0.3 is 0 Å². The van der Waals surface area contributed by atoms with Gasteiger partial charge >= 0.3 is 0 Å². The minimum Gasteiger partial charge on any atom is -0.250 e. The van der Waals surface area contributed by atoms with Crippen LogP contribution in [0.1, 0.15) is 5.56 Å². The Morgan fingerprint density at radius 1 is 1.17 bits per heavy atom. The van der Waals surface area contributed by atoms with Crippen molar-refractivity contribution >= 4 is 36.1 Å². The second-order valence-electron chi connectivity index (χ2n) is 4.83. The van der Waals surface area contributed by atoms with Crippen LogP contribution in [0, 0.1) is 10.6 Å². The van der Waals surface area contributed by atoms with Crippen LogP contribution in [-0.2, 0) is 0 Å². The van der Waals surface area contributed by atoms with Crippen LogP contribution in [0.3, 0.4) is 0 Å². The van der Waals surface area contributed by atoms with Crippen molar-refractivity contribution in [1.29, 1.82) is 0 Å². The SMILES string of the molecule is Fc1ccccc1-c1n[nH]c(=S)n1/N=C\C(Cl)=C\c1ccccc1. The van der Waals surface area contributed by atoms with E-state index in [0.29, 0.717) is 10.6 Å². The first-order valence-electron chi connectivity index (χ1n) is 7.04. The van der Waals surface area contributed by atoms with Gasteiger partial charge in [-0.3, -0.25) is 0 Å². The molecule has 0 radical (unpaired) electrons. The van der Waals surface area contributed by atoms with Crippen LogP contribution in [0.2, 0.25) is 0 Å². The van der Waals surface area contributed by atoms with Gasteiger partial charge in [-0.15, -0.1) is 0 Å². The van der Waals surface area contributed by atoms with Gasteiger partial charge in [0.05, 0.1) is 16.8 Å². The molecule has 1 N–H and O–H groups in total. The van der Waals surface area contributed by atoms with Crippen molar-refractivity contribution in [2.45, 2.75) is 0 Å². The van der Waals surface area contributed by atoms with E-state index in [1.165, 1.54) is 17.0 Å². The molecule has 2 aromatic carbocycles. The summed E-state index contributed by atoms with van der Waals surface area (Å²) in [6.07, 6.45) is 3.20. The first kappa shape index (κ1) is 16.3. The van der Waals surface area contributed by atoms with E-state index in [1.807, 2.05) is 30.3 Å². The molecule has 0 atom stereocenters. The number of benzene rings is 2. The fourth-order valence-corrected chi connectivity index (χ4v) is 2.42. The molecule has 24 heavy (non-hydrogen) atoms. The maximum absolute atomic E-state index is 14.0. The number of H-pyrrole nitrogens is 1. The topological polar surface area (TPSA) is 46.0 Å². The molecule has 3 aromatic rings. The molecule has 4 nitrogen and oxygen atoms in total. The Morgan fingerprint density at radius 2 is 1.88 bits per heavy atom. The molecular formula is C17H12ClFN4S. The summed E-state index contributed by atoms with van der Waals surface area (Å²) in [5.41, 5.74) is 1.24. The summed E-state index contributed by atoms with van der Waals surface area (Å²) in [7, 11) is 0. The van der Waals surface area contributed by atoms with Gasteiger partial charge in [-0.2, -0.15) is 14.9 Å². The highest BCUT2D eigenvalue weighted by Crippen LogP contribution is 2.20. The lowest BCUT2D eigenvalue weighted by atomic mass is 10.2. The van der Waals surface area contributed by atoms with Gasteiger partial charge in [0.15, 0.2) is 5.82 Å². The smallest absolute Gasteiger partial charge is 0.216 e. The van der Waals surface area contributed by atoms with Gasteiger partial charge in [-0.25, -0.2) is 9.49 Å². The number of aromatic nitrogens is 3. The van der Waals surface area contributed by atoms with Gasteiger partial charge in [0, 0.05) is 0 Å². The Labute approximate surface area is 147 Å². The number of allylic oxidation sites excluding steroid dienone is 1. The first-order valence-corrected chi connectivity index (χ1v) is 7.82. The number of hydrogen-bond acceptors (Lipinski definition) is 3. The van der Waals surface area contributed by atoms with Crippen LogP contribution >= 0.6 is 23.8 Å². The molecule has 3 rings (SSSR count). The molecule has 1 aromatic heterocycles. The Morgan fingerprint density at radius 3 is 2.62 bits per heavy atom. The van der Waals surface area contributed by atoms with Crippen LogP contribution in [0.5, 0.6) is 0 Å². The predicted octanol–water partition coefficient (Wildman–Crippen LogP) is 4.86. The Bertz CT molecular complexity index is 960. The van der Waals surface area contributed by atoms with E-state index in [-0.39, 0.29) is 10.6 Å². The summed E-state index contributed by atoms with van der Waals surface area (Å²) >= 11 is 11.3. The molecule has 0 bridgehead atoms. The molecule has 0 spiro atoms. The van der Waals surface area contributed by atoms with Crippen molar-refractivity contribution in [1.82, 2.24) is 14.9 Å². The molecule has 7 heteroatoms. The lowest BCUT2D eigenvalue weighted by Crippen LogP contribution is -1.96. The van der Waals surface area contributed by atoms with E-state index in [1.54, 1.807) is 24.3 Å². The average Bonchev–Trinajstić information content (AvgIpc) is 2.95. The van der Waals surface area contributed by atoms with E-state index in [9.17, 15) is 4.39 Å². The average molecular weight is 359 g/mol. The molecule has 1 heterocycles. The fourth-order valence-electron chi connectivity index (χ4n) is 2.07. The molecule has 0 unspecified atom stereocenters. The van der Waals surface area contributed by atoms with Crippen molar-refractivity contribution < 1.29 is 4.39 Å². The van der Waals surface area contributed by atoms with Crippen LogP contribution in [-0.4, -0.2) is 21.1 Å². The molecule has 120 valence electrons. The molecule has 0 saturated carbocycles. The standard InChI is InChI=1S/C17H12ClFN4S/c18-13(10-12-6-2-1-3-7-12)11-20-23-16(21-22-17(23)24)14-8-4-5-9-15(14)19/h1-11H,(H,22,24)/b13-10-,20-11-. The Hall–Kier alpha value is -2.57. The fraction of sp³-hybridized carbons (Fsp3) is 0. The highest BCUT2D eigenvalue weighted by molar-refractivity contribution is 7.71. The van der Waals surface area contributed by atoms with Crippen molar-refractivity contribution in [3.8, 4) is 11.4 Å². The highest BCUT2D eigenvalue weighted by Gasteiger charge is 2.12. The van der Waals surface area contributed by atoms with Crippen LogP contribution in [0.25, 0.3) is 17.5 Å². The normalized spacial score (nSPS) is 12.0. The number of nitrogens with zero attached hydrogens (tertiary/aromatic N) is 3. The van der Waals surface area contributed by atoms with E-state index >= 15 is 0 Å². The van der Waals surface area contributed by atoms with Gasteiger partial charge in [0.1, 0.15) is 5.82 Å². The monoisotopic (exact) mass is 358 g/mol. The minimum atomic E-state index is -0.408. The quantitative estimate of drug-likeness (QED) is 0.534. The largest absolute Gasteiger partial charge is 0.250 e. The van der Waals surface area contributed by atoms with Gasteiger partial charge in [0.2, 0.25) is 4.77 Å². The summed E-state index contributed by atoms with van der Waals surface area (Å²) < 4.78 is 15.5. The lowest BCUT2D eigenvalue weighted by molar-refractivity contribution is 0.628. The molecule has 0 fully saturated rings. The Balaban J connectivity index is 1.94. The zero-order valence-electron chi connectivity index (χ0n) is 12.4.